The van der Waals surface area contributed by atoms with Crippen molar-refractivity contribution in [3.8, 4) is 0 Å². The van der Waals surface area contributed by atoms with E-state index in [1.807, 2.05) is 18.5 Å². The third-order valence-electron chi connectivity index (χ3n) is 4.03. The summed E-state index contributed by atoms with van der Waals surface area (Å²) in [7, 11) is 0. The molecule has 0 aliphatic rings. The van der Waals surface area contributed by atoms with Gasteiger partial charge in [-0.05, 0) is 68.5 Å². The van der Waals surface area contributed by atoms with Crippen LogP contribution in [-0.4, -0.2) is 4.98 Å². The Morgan fingerprint density at radius 3 is 2.30 bits per heavy atom. The summed E-state index contributed by atoms with van der Waals surface area (Å²) >= 11 is 0. The average molecular weight is 268 g/mol. The molecule has 0 aliphatic heterocycles. The van der Waals surface area contributed by atoms with Crippen LogP contribution in [0.3, 0.4) is 0 Å². The zero-order chi connectivity index (χ0) is 14.7. The lowest BCUT2D eigenvalue weighted by atomic mass is 9.96. The molecule has 106 valence electrons. The Balaban J connectivity index is 2.16. The van der Waals surface area contributed by atoms with Crippen molar-refractivity contribution in [1.29, 1.82) is 0 Å². The largest absolute Gasteiger partial charge is 0.304 e. The monoisotopic (exact) mass is 268 g/mol. The highest BCUT2D eigenvalue weighted by Crippen LogP contribution is 2.24. The summed E-state index contributed by atoms with van der Waals surface area (Å²) in [6, 6.07) is 9.30. The van der Waals surface area contributed by atoms with Crippen molar-refractivity contribution in [2.24, 2.45) is 0 Å². The molecule has 0 fully saturated rings. The molecule has 0 aliphatic carbocycles. The predicted octanol–water partition coefficient (Wildman–Crippen LogP) is 4.42. The first-order chi connectivity index (χ1) is 9.49. The molecule has 2 atom stereocenters. The molecule has 0 spiro atoms. The van der Waals surface area contributed by atoms with Gasteiger partial charge in [0.1, 0.15) is 0 Å². The van der Waals surface area contributed by atoms with Gasteiger partial charge in [-0.1, -0.05) is 18.2 Å². The summed E-state index contributed by atoms with van der Waals surface area (Å²) in [6.45, 7) is 10.9. The van der Waals surface area contributed by atoms with Crippen LogP contribution in [0.5, 0.6) is 0 Å². The minimum atomic E-state index is 0.291. The number of hydrogen-bond donors (Lipinski definition) is 1. The van der Waals surface area contributed by atoms with E-state index < -0.39 is 0 Å². The molecule has 2 aromatic rings. The highest BCUT2D eigenvalue weighted by atomic mass is 14.9. The van der Waals surface area contributed by atoms with E-state index in [9.17, 15) is 0 Å². The van der Waals surface area contributed by atoms with E-state index in [0.717, 1.165) is 0 Å². The van der Waals surface area contributed by atoms with Crippen molar-refractivity contribution in [1.82, 2.24) is 10.3 Å². The van der Waals surface area contributed by atoms with Gasteiger partial charge in [0.2, 0.25) is 0 Å². The van der Waals surface area contributed by atoms with Crippen molar-refractivity contribution in [2.45, 2.75) is 46.7 Å². The van der Waals surface area contributed by atoms with Gasteiger partial charge >= 0.3 is 0 Å². The van der Waals surface area contributed by atoms with E-state index >= 15 is 0 Å². The second kappa shape index (κ2) is 6.19. The van der Waals surface area contributed by atoms with Crippen molar-refractivity contribution in [3.05, 3.63) is 64.5 Å². The van der Waals surface area contributed by atoms with E-state index in [1.54, 1.807) is 0 Å². The van der Waals surface area contributed by atoms with Gasteiger partial charge in [-0.3, -0.25) is 4.98 Å². The molecule has 0 saturated heterocycles. The second-order valence-electron chi connectivity index (χ2n) is 5.69. The predicted molar refractivity (Wildman–Crippen MR) is 84.9 cm³/mol. The molecule has 0 amide bonds. The average Bonchev–Trinajstić information content (AvgIpc) is 2.43. The molecule has 2 nitrogen and oxygen atoms in total. The third-order valence-corrected chi connectivity index (χ3v) is 4.03. The maximum absolute atomic E-state index is 4.19. The Morgan fingerprint density at radius 2 is 1.65 bits per heavy atom. The van der Waals surface area contributed by atoms with E-state index in [0.29, 0.717) is 12.1 Å². The number of rotatable bonds is 4. The fourth-order valence-electron chi connectivity index (χ4n) is 2.64. The van der Waals surface area contributed by atoms with Crippen LogP contribution in [0.25, 0.3) is 0 Å². The standard InChI is InChI=1S/C18H24N2/c1-12-9-14(3)18(10-13(12)2)16(5)20-15(4)17-7-6-8-19-11-17/h6-11,15-16,20H,1-5H3/t15-,16?/m0/s1. The number of nitrogens with one attached hydrogen (secondary N) is 1. The number of benzene rings is 1. The molecule has 1 aromatic heterocycles. The molecule has 0 bridgehead atoms. The third kappa shape index (κ3) is 3.26. The Morgan fingerprint density at radius 1 is 0.950 bits per heavy atom. The van der Waals surface area contributed by atoms with Crippen molar-refractivity contribution in [3.63, 3.8) is 0 Å². The van der Waals surface area contributed by atoms with Crippen LogP contribution in [0.2, 0.25) is 0 Å². The minimum absolute atomic E-state index is 0.291. The van der Waals surface area contributed by atoms with Gasteiger partial charge in [-0.25, -0.2) is 0 Å². The van der Waals surface area contributed by atoms with E-state index in [-0.39, 0.29) is 0 Å². The molecule has 1 aromatic carbocycles. The number of hydrogen-bond acceptors (Lipinski definition) is 2. The second-order valence-corrected chi connectivity index (χ2v) is 5.69. The molecule has 20 heavy (non-hydrogen) atoms. The Kier molecular flexibility index (Phi) is 4.56. The normalized spacial score (nSPS) is 14.1. The van der Waals surface area contributed by atoms with Crippen LogP contribution in [-0.2, 0) is 0 Å². The van der Waals surface area contributed by atoms with Crippen LogP contribution < -0.4 is 5.32 Å². The Labute approximate surface area is 122 Å². The molecule has 1 heterocycles. The molecule has 2 heteroatoms. The van der Waals surface area contributed by atoms with Crippen LogP contribution in [0.15, 0.2) is 36.7 Å². The maximum Gasteiger partial charge on any atom is 0.0315 e. The lowest BCUT2D eigenvalue weighted by Crippen LogP contribution is -2.23. The van der Waals surface area contributed by atoms with Crippen LogP contribution >= 0.6 is 0 Å². The molecular weight excluding hydrogens is 244 g/mol. The number of pyridine rings is 1. The van der Waals surface area contributed by atoms with Crippen molar-refractivity contribution >= 4 is 0 Å². The molecular formula is C18H24N2. The maximum atomic E-state index is 4.19. The fraction of sp³-hybridized carbons (Fsp3) is 0.389. The van der Waals surface area contributed by atoms with Gasteiger partial charge in [0.25, 0.3) is 0 Å². The van der Waals surface area contributed by atoms with Crippen LogP contribution in [0.1, 0.15) is 53.7 Å². The zero-order valence-electron chi connectivity index (χ0n) is 13.1. The number of nitrogens with zero attached hydrogens (tertiary/aromatic N) is 1. The van der Waals surface area contributed by atoms with Gasteiger partial charge in [0.15, 0.2) is 0 Å². The number of aromatic nitrogens is 1. The van der Waals surface area contributed by atoms with Gasteiger partial charge in [-0.2, -0.15) is 0 Å². The first-order valence-electron chi connectivity index (χ1n) is 7.22. The first kappa shape index (κ1) is 14.7. The van der Waals surface area contributed by atoms with E-state index in [4.69, 9.17) is 0 Å². The molecule has 1 unspecified atom stereocenters. The molecule has 0 saturated carbocycles. The summed E-state index contributed by atoms with van der Waals surface area (Å²) in [5, 5.41) is 3.66. The van der Waals surface area contributed by atoms with Crippen LogP contribution in [0, 0.1) is 20.8 Å². The van der Waals surface area contributed by atoms with Gasteiger partial charge < -0.3 is 5.32 Å². The fourth-order valence-corrected chi connectivity index (χ4v) is 2.64. The Hall–Kier alpha value is -1.67. The topological polar surface area (TPSA) is 24.9 Å². The quantitative estimate of drug-likeness (QED) is 0.888. The summed E-state index contributed by atoms with van der Waals surface area (Å²) in [4.78, 5) is 4.19. The zero-order valence-corrected chi connectivity index (χ0v) is 13.1. The highest BCUT2D eigenvalue weighted by Gasteiger charge is 2.13. The van der Waals surface area contributed by atoms with Gasteiger partial charge in [0.05, 0.1) is 0 Å². The van der Waals surface area contributed by atoms with E-state index in [2.05, 4.69) is 63.1 Å². The molecule has 0 radical (unpaired) electrons. The summed E-state index contributed by atoms with van der Waals surface area (Å²) < 4.78 is 0. The lowest BCUT2D eigenvalue weighted by Gasteiger charge is -2.23. The van der Waals surface area contributed by atoms with Crippen molar-refractivity contribution in [2.75, 3.05) is 0 Å². The van der Waals surface area contributed by atoms with Gasteiger partial charge in [-0.15, -0.1) is 0 Å². The molecule has 1 N–H and O–H groups in total. The minimum Gasteiger partial charge on any atom is -0.304 e. The number of aryl methyl sites for hydroxylation is 3. The van der Waals surface area contributed by atoms with Crippen LogP contribution in [0.4, 0.5) is 0 Å². The summed E-state index contributed by atoms with van der Waals surface area (Å²) in [6.07, 6.45) is 3.74. The first-order valence-corrected chi connectivity index (χ1v) is 7.22. The van der Waals surface area contributed by atoms with Crippen molar-refractivity contribution < 1.29 is 0 Å². The van der Waals surface area contributed by atoms with Gasteiger partial charge in [0, 0.05) is 24.5 Å². The summed E-state index contributed by atoms with van der Waals surface area (Å²) in [5.74, 6) is 0. The highest BCUT2D eigenvalue weighted by molar-refractivity contribution is 5.38. The molecule has 2 rings (SSSR count). The SMILES string of the molecule is Cc1cc(C)c(C(C)N[C@@H](C)c2cccnc2)cc1C. The Bertz CT molecular complexity index is 575. The van der Waals surface area contributed by atoms with E-state index in [1.165, 1.54) is 27.8 Å². The smallest absolute Gasteiger partial charge is 0.0315 e. The summed E-state index contributed by atoms with van der Waals surface area (Å²) in [5.41, 5.74) is 6.67. The lowest BCUT2D eigenvalue weighted by molar-refractivity contribution is 0.492.